The number of halogens is 2. The van der Waals surface area contributed by atoms with E-state index in [1.165, 1.54) is 6.21 Å². The molecule has 216 valence electrons. The Morgan fingerprint density at radius 3 is 2.51 bits per heavy atom. The first kappa shape index (κ1) is 29.7. The summed E-state index contributed by atoms with van der Waals surface area (Å²) in [6, 6.07) is 27.9. The van der Waals surface area contributed by atoms with Gasteiger partial charge >= 0.3 is 5.91 Å². The molecule has 0 saturated heterocycles. The van der Waals surface area contributed by atoms with Gasteiger partial charge < -0.3 is 18.5 Å². The van der Waals surface area contributed by atoms with Gasteiger partial charge in [0.2, 0.25) is 0 Å². The van der Waals surface area contributed by atoms with Crippen LogP contribution in [0.3, 0.4) is 0 Å². The maximum atomic E-state index is 12.7. The number of nitriles is 1. The molecule has 10 heteroatoms. The summed E-state index contributed by atoms with van der Waals surface area (Å²) in [5.74, 6) is 1.18. The second kappa shape index (κ2) is 13.5. The van der Waals surface area contributed by atoms with Gasteiger partial charge in [0.05, 0.1) is 22.3 Å². The van der Waals surface area contributed by atoms with Gasteiger partial charge in [-0.1, -0.05) is 29.8 Å². The summed E-state index contributed by atoms with van der Waals surface area (Å²) in [6.07, 6.45) is 1.42. The number of hydrogen-bond donors (Lipinski definition) is 1. The lowest BCUT2D eigenvalue weighted by atomic mass is 10.1. The average Bonchev–Trinajstić information content (AvgIpc) is 3.62. The molecular formula is C33H26BrClN4O4. The van der Waals surface area contributed by atoms with E-state index in [-0.39, 0.29) is 19.0 Å². The van der Waals surface area contributed by atoms with Crippen LogP contribution in [0.1, 0.15) is 44.4 Å². The van der Waals surface area contributed by atoms with Gasteiger partial charge in [0, 0.05) is 33.2 Å². The minimum Gasteiger partial charge on any atom is -0.487 e. The highest BCUT2D eigenvalue weighted by Gasteiger charge is 2.14. The molecule has 0 spiro atoms. The molecule has 0 aliphatic heterocycles. The molecule has 0 fully saturated rings. The van der Waals surface area contributed by atoms with Crippen LogP contribution in [0, 0.1) is 25.2 Å². The van der Waals surface area contributed by atoms with Crippen LogP contribution in [-0.4, -0.2) is 16.7 Å². The first-order valence-corrected chi connectivity index (χ1v) is 14.4. The van der Waals surface area contributed by atoms with E-state index in [0.717, 1.165) is 22.6 Å². The van der Waals surface area contributed by atoms with Gasteiger partial charge in [0.1, 0.15) is 30.5 Å². The number of hydrogen-bond acceptors (Lipinski definition) is 6. The molecule has 8 nitrogen and oxygen atoms in total. The molecule has 1 N–H and O–H groups in total. The van der Waals surface area contributed by atoms with Gasteiger partial charge in [0.25, 0.3) is 0 Å². The second-order valence-corrected chi connectivity index (χ2v) is 10.9. The minimum atomic E-state index is -0.532. The predicted molar refractivity (Wildman–Crippen MR) is 168 cm³/mol. The van der Waals surface area contributed by atoms with Crippen LogP contribution < -0.4 is 14.9 Å². The number of ether oxygens (including phenoxy) is 2. The van der Waals surface area contributed by atoms with Crippen molar-refractivity contribution >= 4 is 39.7 Å². The summed E-state index contributed by atoms with van der Waals surface area (Å²) in [6.45, 7) is 4.44. The standard InChI is InChI=1S/C33H26BrClN4O4/c1-21-7-8-22(2)39(21)27-9-11-28(12-10-27)41-20-29-13-14-31(43-29)33(40)38-37-18-25-15-26(35)16-30(34)32(25)42-19-24-6-4-3-5-23(24)17-36/h3-16,18H,19-20H2,1-2H3,(H,38,40)/b37-18+. The van der Waals surface area contributed by atoms with Crippen molar-refractivity contribution < 1.29 is 18.7 Å². The van der Waals surface area contributed by atoms with Crippen molar-refractivity contribution in [1.29, 1.82) is 5.26 Å². The number of furan rings is 1. The fourth-order valence-corrected chi connectivity index (χ4v) is 5.40. The molecule has 2 aromatic heterocycles. The van der Waals surface area contributed by atoms with Gasteiger partial charge in [-0.05, 0) is 96.5 Å². The van der Waals surface area contributed by atoms with E-state index in [0.29, 0.717) is 37.9 Å². The molecule has 5 aromatic rings. The molecule has 43 heavy (non-hydrogen) atoms. The molecule has 0 aliphatic rings. The number of rotatable bonds is 10. The van der Waals surface area contributed by atoms with Crippen LogP contribution in [0.5, 0.6) is 11.5 Å². The molecule has 0 bridgehead atoms. The number of aryl methyl sites for hydroxylation is 2. The van der Waals surface area contributed by atoms with Gasteiger partial charge in [-0.15, -0.1) is 0 Å². The Balaban J connectivity index is 1.19. The molecule has 0 saturated carbocycles. The largest absolute Gasteiger partial charge is 0.487 e. The first-order chi connectivity index (χ1) is 20.8. The molecule has 5 rings (SSSR count). The maximum Gasteiger partial charge on any atom is 0.307 e. The summed E-state index contributed by atoms with van der Waals surface area (Å²) >= 11 is 9.70. The Kier molecular flexibility index (Phi) is 9.30. The summed E-state index contributed by atoms with van der Waals surface area (Å²) < 4.78 is 20.3. The van der Waals surface area contributed by atoms with Crippen molar-refractivity contribution in [2.45, 2.75) is 27.1 Å². The van der Waals surface area contributed by atoms with Crippen molar-refractivity contribution in [1.82, 2.24) is 9.99 Å². The fraction of sp³-hybridized carbons (Fsp3) is 0.121. The third-order valence-corrected chi connectivity index (χ3v) is 7.36. The Labute approximate surface area is 262 Å². The Hall–Kier alpha value is -4.78. The average molecular weight is 658 g/mol. The highest BCUT2D eigenvalue weighted by atomic mass is 79.9. The number of benzene rings is 3. The number of carbonyl (C=O) groups excluding carboxylic acids is 1. The van der Waals surface area contributed by atoms with Crippen molar-refractivity contribution in [3.8, 4) is 23.3 Å². The molecular weight excluding hydrogens is 632 g/mol. The van der Waals surface area contributed by atoms with Crippen LogP contribution in [0.2, 0.25) is 5.02 Å². The first-order valence-electron chi connectivity index (χ1n) is 13.2. The Morgan fingerprint density at radius 2 is 1.77 bits per heavy atom. The number of amides is 1. The highest BCUT2D eigenvalue weighted by molar-refractivity contribution is 9.10. The minimum absolute atomic E-state index is 0.0847. The third kappa shape index (κ3) is 7.17. The van der Waals surface area contributed by atoms with Gasteiger partial charge in [-0.2, -0.15) is 10.4 Å². The predicted octanol–water partition coefficient (Wildman–Crippen LogP) is 7.90. The lowest BCUT2D eigenvalue weighted by molar-refractivity contribution is 0.0923. The van der Waals surface area contributed by atoms with E-state index in [2.05, 4.69) is 63.1 Å². The summed E-state index contributed by atoms with van der Waals surface area (Å²) in [5.41, 5.74) is 7.61. The summed E-state index contributed by atoms with van der Waals surface area (Å²) in [4.78, 5) is 12.7. The molecule has 3 aromatic carbocycles. The smallest absolute Gasteiger partial charge is 0.307 e. The zero-order valence-corrected chi connectivity index (χ0v) is 25.6. The molecule has 0 aliphatic carbocycles. The molecule has 2 heterocycles. The lowest BCUT2D eigenvalue weighted by Crippen LogP contribution is -2.17. The lowest BCUT2D eigenvalue weighted by Gasteiger charge is -2.12. The fourth-order valence-electron chi connectivity index (χ4n) is 4.45. The van der Waals surface area contributed by atoms with Crippen molar-refractivity contribution in [3.05, 3.63) is 134 Å². The van der Waals surface area contributed by atoms with Crippen molar-refractivity contribution in [3.63, 3.8) is 0 Å². The zero-order valence-electron chi connectivity index (χ0n) is 23.3. The monoisotopic (exact) mass is 656 g/mol. The van der Waals surface area contributed by atoms with E-state index in [4.69, 9.17) is 25.5 Å². The number of nitrogens with zero attached hydrogens (tertiary/aromatic N) is 3. The molecule has 0 radical (unpaired) electrons. The number of aromatic nitrogens is 1. The Morgan fingerprint density at radius 1 is 1.02 bits per heavy atom. The second-order valence-electron chi connectivity index (χ2n) is 9.56. The van der Waals surface area contributed by atoms with Crippen molar-refractivity contribution in [2.24, 2.45) is 5.10 Å². The van der Waals surface area contributed by atoms with E-state index in [1.54, 1.807) is 36.4 Å². The van der Waals surface area contributed by atoms with E-state index in [1.807, 2.05) is 36.4 Å². The van der Waals surface area contributed by atoms with Crippen LogP contribution in [0.25, 0.3) is 5.69 Å². The topological polar surface area (TPSA) is 102 Å². The normalized spacial score (nSPS) is 11.0. The van der Waals surface area contributed by atoms with Gasteiger partial charge in [-0.25, -0.2) is 5.43 Å². The van der Waals surface area contributed by atoms with Gasteiger partial charge in [0.15, 0.2) is 5.76 Å². The number of hydrazone groups is 1. The maximum absolute atomic E-state index is 12.7. The zero-order chi connectivity index (χ0) is 30.3. The quantitative estimate of drug-likeness (QED) is 0.122. The summed E-state index contributed by atoms with van der Waals surface area (Å²) in [7, 11) is 0. The number of nitrogens with one attached hydrogen (secondary N) is 1. The van der Waals surface area contributed by atoms with Crippen LogP contribution >= 0.6 is 27.5 Å². The molecule has 0 atom stereocenters. The number of carbonyl (C=O) groups is 1. The Bertz CT molecular complexity index is 1820. The third-order valence-electron chi connectivity index (χ3n) is 6.55. The van der Waals surface area contributed by atoms with Crippen LogP contribution in [0.15, 0.2) is 98.9 Å². The summed E-state index contributed by atoms with van der Waals surface area (Å²) in [5, 5.41) is 13.9. The van der Waals surface area contributed by atoms with Crippen LogP contribution in [0.4, 0.5) is 0 Å². The SMILES string of the molecule is Cc1ccc(C)n1-c1ccc(OCc2ccc(C(=O)N/N=C/c3cc(Cl)cc(Br)c3OCc3ccccc3C#N)o2)cc1. The van der Waals surface area contributed by atoms with Crippen molar-refractivity contribution in [2.75, 3.05) is 0 Å². The van der Waals surface area contributed by atoms with E-state index in [9.17, 15) is 10.1 Å². The van der Waals surface area contributed by atoms with E-state index >= 15 is 0 Å². The van der Waals surface area contributed by atoms with E-state index < -0.39 is 5.91 Å². The molecule has 0 unspecified atom stereocenters. The van der Waals surface area contributed by atoms with Crippen LogP contribution in [-0.2, 0) is 13.2 Å². The highest BCUT2D eigenvalue weighted by Crippen LogP contribution is 2.33. The molecule has 1 amide bonds. The van der Waals surface area contributed by atoms with Gasteiger partial charge in [-0.3, -0.25) is 4.79 Å².